The number of Topliss-reactive ketones (excluding diaryl/α,β-unsaturated/α-hetero) is 2. The topological polar surface area (TPSA) is 107 Å². The zero-order valence-corrected chi connectivity index (χ0v) is 20.0. The largest absolute Gasteiger partial charge is 0.294 e. The molecule has 0 radical (unpaired) electrons. The Labute approximate surface area is 195 Å². The number of hydrogen-bond acceptors (Lipinski definition) is 8. The quantitative estimate of drug-likeness (QED) is 0.563. The normalized spacial score (nSPS) is 18.3. The number of carbonyl (C=O) groups excluding carboxylic acids is 2. The molecule has 2 aliphatic carbocycles. The summed E-state index contributed by atoms with van der Waals surface area (Å²) in [6.45, 7) is 8.14. The minimum atomic E-state index is -0.173. The van der Waals surface area contributed by atoms with Gasteiger partial charge in [0.1, 0.15) is 22.2 Å². The molecule has 162 valence electrons. The highest BCUT2D eigenvalue weighted by Crippen LogP contribution is 2.43. The Bertz CT molecular complexity index is 1150. The van der Waals surface area contributed by atoms with Crippen molar-refractivity contribution in [2.75, 3.05) is 0 Å². The highest BCUT2D eigenvalue weighted by Gasteiger charge is 2.34. The number of rotatable bonds is 3. The molecule has 0 spiro atoms. The molecule has 0 atom stereocenters. The molecule has 2 aliphatic rings. The molecule has 0 saturated carbocycles. The van der Waals surface area contributed by atoms with E-state index in [1.165, 1.54) is 21.6 Å². The van der Waals surface area contributed by atoms with Crippen LogP contribution in [-0.2, 0) is 12.8 Å². The molecule has 0 saturated heterocycles. The fourth-order valence-electron chi connectivity index (χ4n) is 4.27. The molecule has 8 heteroatoms. The Hall–Kier alpha value is -2.68. The smallest absolute Gasteiger partial charge is 0.165 e. The highest BCUT2D eigenvalue weighted by atomic mass is 33.1. The van der Waals surface area contributed by atoms with Crippen LogP contribution < -0.4 is 0 Å². The van der Waals surface area contributed by atoms with E-state index in [0.29, 0.717) is 69.4 Å². The molecule has 6 nitrogen and oxygen atoms in total. The van der Waals surface area contributed by atoms with Crippen molar-refractivity contribution in [2.24, 2.45) is 10.8 Å². The molecular formula is C24H22N4O2S2. The van der Waals surface area contributed by atoms with Crippen LogP contribution in [0.1, 0.15) is 83.8 Å². The lowest BCUT2D eigenvalue weighted by atomic mass is 9.75. The summed E-state index contributed by atoms with van der Waals surface area (Å²) in [5, 5.41) is 20.2. The van der Waals surface area contributed by atoms with Gasteiger partial charge in [0.2, 0.25) is 0 Å². The lowest BCUT2D eigenvalue weighted by Gasteiger charge is -2.30. The van der Waals surface area contributed by atoms with E-state index in [0.717, 1.165) is 0 Å². The maximum Gasteiger partial charge on any atom is 0.165 e. The van der Waals surface area contributed by atoms with Gasteiger partial charge < -0.3 is 0 Å². The first-order chi connectivity index (χ1) is 15.0. The van der Waals surface area contributed by atoms with Gasteiger partial charge in [0, 0.05) is 24.0 Å². The van der Waals surface area contributed by atoms with Crippen LogP contribution in [0.15, 0.2) is 22.2 Å². The summed E-state index contributed by atoms with van der Waals surface area (Å²) >= 11 is 0. The van der Waals surface area contributed by atoms with Gasteiger partial charge >= 0.3 is 0 Å². The fraction of sp³-hybridized carbons (Fsp3) is 0.417. The standard InChI is InChI=1S/C24H22N4O2S2/c1-23(2)7-17-15(19(29)9-23)5-13(11-25)21(27-17)31-32-22-14(12-26)6-16-18(28-22)8-24(3,4)10-20(16)30/h5-6H,7-10H2,1-4H3. The van der Waals surface area contributed by atoms with Crippen molar-refractivity contribution in [1.82, 2.24) is 9.97 Å². The average Bonchev–Trinajstić information content (AvgIpc) is 2.69. The maximum atomic E-state index is 12.5. The molecule has 2 aromatic rings. The van der Waals surface area contributed by atoms with E-state index in [4.69, 9.17) is 0 Å². The zero-order chi connectivity index (χ0) is 23.3. The Balaban J connectivity index is 1.67. The van der Waals surface area contributed by atoms with E-state index in [1.807, 2.05) is 27.7 Å². The van der Waals surface area contributed by atoms with Gasteiger partial charge in [-0.3, -0.25) is 9.59 Å². The third-order valence-corrected chi connectivity index (χ3v) is 7.96. The summed E-state index contributed by atoms with van der Waals surface area (Å²) in [6.07, 6.45) is 2.20. The Kier molecular flexibility index (Phi) is 5.65. The first-order valence-electron chi connectivity index (χ1n) is 10.3. The SMILES string of the molecule is CC1(C)CC(=O)c2cc(C#N)c(SSc3nc4c(cc3C#N)C(=O)CC(C)(C)C4)nc2C1. The van der Waals surface area contributed by atoms with Crippen molar-refractivity contribution < 1.29 is 9.59 Å². The molecule has 2 heterocycles. The zero-order valence-electron chi connectivity index (χ0n) is 18.4. The molecule has 0 bridgehead atoms. The van der Waals surface area contributed by atoms with Crippen LogP contribution in [-0.4, -0.2) is 21.5 Å². The van der Waals surface area contributed by atoms with Crippen molar-refractivity contribution in [3.05, 3.63) is 45.8 Å². The first kappa shape index (κ1) is 22.5. The summed E-state index contributed by atoms with van der Waals surface area (Å²) in [5.41, 5.74) is 2.80. The van der Waals surface area contributed by atoms with Crippen LogP contribution >= 0.6 is 21.6 Å². The Morgan fingerprint density at radius 2 is 1.12 bits per heavy atom. The summed E-state index contributed by atoms with van der Waals surface area (Å²) in [5.74, 6) is 0.0275. The van der Waals surface area contributed by atoms with Gasteiger partial charge in [-0.1, -0.05) is 27.7 Å². The second-order valence-corrected chi connectivity index (χ2v) is 12.0. The molecule has 0 fully saturated rings. The van der Waals surface area contributed by atoms with E-state index in [1.54, 1.807) is 12.1 Å². The van der Waals surface area contributed by atoms with Crippen molar-refractivity contribution in [2.45, 2.75) is 63.4 Å². The van der Waals surface area contributed by atoms with Crippen LogP contribution in [0.3, 0.4) is 0 Å². The lowest BCUT2D eigenvalue weighted by molar-refractivity contribution is 0.0900. The van der Waals surface area contributed by atoms with Crippen molar-refractivity contribution in [3.63, 3.8) is 0 Å². The number of hydrogen-bond donors (Lipinski definition) is 0. The van der Waals surface area contributed by atoms with E-state index >= 15 is 0 Å². The monoisotopic (exact) mass is 462 g/mol. The Morgan fingerprint density at radius 3 is 1.47 bits per heavy atom. The summed E-state index contributed by atoms with van der Waals surface area (Å²) < 4.78 is 0. The fourth-order valence-corrected chi connectivity index (χ4v) is 6.35. The second kappa shape index (κ2) is 8.03. The molecule has 0 N–H and O–H groups in total. The molecular weight excluding hydrogens is 440 g/mol. The molecule has 0 unspecified atom stereocenters. The average molecular weight is 463 g/mol. The molecule has 32 heavy (non-hydrogen) atoms. The van der Waals surface area contributed by atoms with Gasteiger partial charge in [0.15, 0.2) is 11.6 Å². The van der Waals surface area contributed by atoms with E-state index in [2.05, 4.69) is 22.1 Å². The van der Waals surface area contributed by atoms with Gasteiger partial charge in [-0.05, 0) is 57.4 Å². The van der Waals surface area contributed by atoms with Crippen LogP contribution in [0.25, 0.3) is 0 Å². The van der Waals surface area contributed by atoms with Crippen molar-refractivity contribution >= 4 is 33.2 Å². The number of aromatic nitrogens is 2. The summed E-state index contributed by atoms with van der Waals surface area (Å²) in [6, 6.07) is 7.55. The second-order valence-electron chi connectivity index (χ2n) is 9.94. The number of carbonyl (C=O) groups is 2. The van der Waals surface area contributed by atoms with E-state index in [-0.39, 0.29) is 22.4 Å². The van der Waals surface area contributed by atoms with Gasteiger partial charge in [-0.15, -0.1) is 0 Å². The number of ketones is 2. The third-order valence-electron chi connectivity index (χ3n) is 5.74. The lowest BCUT2D eigenvalue weighted by Crippen LogP contribution is -2.28. The van der Waals surface area contributed by atoms with Gasteiger partial charge in [0.05, 0.1) is 22.5 Å². The predicted molar refractivity (Wildman–Crippen MR) is 122 cm³/mol. The molecule has 4 rings (SSSR count). The van der Waals surface area contributed by atoms with Gasteiger partial charge in [0.25, 0.3) is 0 Å². The highest BCUT2D eigenvalue weighted by molar-refractivity contribution is 8.76. The van der Waals surface area contributed by atoms with E-state index < -0.39 is 0 Å². The van der Waals surface area contributed by atoms with Gasteiger partial charge in [-0.25, -0.2) is 9.97 Å². The first-order valence-corrected chi connectivity index (χ1v) is 12.5. The van der Waals surface area contributed by atoms with Crippen molar-refractivity contribution in [1.29, 1.82) is 10.5 Å². The Morgan fingerprint density at radius 1 is 0.750 bits per heavy atom. The molecule has 0 aromatic carbocycles. The van der Waals surface area contributed by atoms with Crippen molar-refractivity contribution in [3.8, 4) is 12.1 Å². The maximum absolute atomic E-state index is 12.5. The van der Waals surface area contributed by atoms with Crippen LogP contribution in [0.4, 0.5) is 0 Å². The van der Waals surface area contributed by atoms with Crippen LogP contribution in [0, 0.1) is 33.5 Å². The number of fused-ring (bicyclic) bond motifs is 2. The molecule has 2 aromatic heterocycles. The minimum Gasteiger partial charge on any atom is -0.294 e. The van der Waals surface area contributed by atoms with E-state index in [9.17, 15) is 20.1 Å². The molecule has 0 amide bonds. The van der Waals surface area contributed by atoms with Crippen LogP contribution in [0.2, 0.25) is 0 Å². The summed E-state index contributed by atoms with van der Waals surface area (Å²) in [7, 11) is 2.51. The van der Waals surface area contributed by atoms with Gasteiger partial charge in [-0.2, -0.15) is 10.5 Å². The number of pyridine rings is 2. The number of nitrogens with zero attached hydrogens (tertiary/aromatic N) is 4. The summed E-state index contributed by atoms with van der Waals surface area (Å²) in [4.78, 5) is 34.4. The number of nitriles is 2. The minimum absolute atomic E-state index is 0.0138. The predicted octanol–water partition coefficient (Wildman–Crippen LogP) is 5.33. The van der Waals surface area contributed by atoms with Crippen LogP contribution in [0.5, 0.6) is 0 Å². The molecule has 0 aliphatic heterocycles. The third kappa shape index (κ3) is 4.30.